The zero-order valence-corrected chi connectivity index (χ0v) is 16.8. The average Bonchev–Trinajstić information content (AvgIpc) is 2.63. The van der Waals surface area contributed by atoms with Gasteiger partial charge in [-0.2, -0.15) is 0 Å². The molecule has 0 spiro atoms. The van der Waals surface area contributed by atoms with Crippen molar-refractivity contribution in [1.29, 1.82) is 0 Å². The van der Waals surface area contributed by atoms with Crippen molar-refractivity contribution in [2.24, 2.45) is 5.92 Å². The summed E-state index contributed by atoms with van der Waals surface area (Å²) >= 11 is 0. The molecule has 3 N–H and O–H groups in total. The molecule has 0 unspecified atom stereocenters. The Balaban J connectivity index is 2.03. The third-order valence-corrected chi connectivity index (χ3v) is 5.05. The van der Waals surface area contributed by atoms with Gasteiger partial charge in [-0.15, -0.1) is 0 Å². The highest BCUT2D eigenvalue weighted by atomic mass is 16.1. The zero-order valence-electron chi connectivity index (χ0n) is 16.8. The number of para-hydroxylation sites is 1. The van der Waals surface area contributed by atoms with Crippen LogP contribution in [-0.4, -0.2) is 12.5 Å². The molecule has 2 rings (SSSR count). The van der Waals surface area contributed by atoms with E-state index in [0.29, 0.717) is 12.5 Å². The van der Waals surface area contributed by atoms with Crippen LogP contribution in [0, 0.1) is 12.8 Å². The third kappa shape index (κ3) is 5.18. The molecule has 0 heterocycles. The predicted molar refractivity (Wildman–Crippen MR) is 109 cm³/mol. The normalized spacial score (nSPS) is 12.2. The zero-order chi connectivity index (χ0) is 19.1. The fourth-order valence-electron chi connectivity index (χ4n) is 3.40. The lowest BCUT2D eigenvalue weighted by atomic mass is 9.95. The number of rotatable bonds is 8. The molecule has 3 heteroatoms. The molecule has 0 aliphatic rings. The Kier molecular flexibility index (Phi) is 7.40. The van der Waals surface area contributed by atoms with Gasteiger partial charge in [0.05, 0.1) is 0 Å². The Morgan fingerprint density at radius 1 is 1.04 bits per heavy atom. The number of carbonyl (C=O) groups excluding carboxylic acids is 1. The van der Waals surface area contributed by atoms with E-state index in [9.17, 15) is 4.79 Å². The summed E-state index contributed by atoms with van der Waals surface area (Å²) in [5, 5.41) is 5.28. The summed E-state index contributed by atoms with van der Waals surface area (Å²) in [6, 6.07) is 15.3. The van der Waals surface area contributed by atoms with E-state index in [1.165, 1.54) is 16.7 Å². The van der Waals surface area contributed by atoms with Gasteiger partial charge >= 0.3 is 0 Å². The van der Waals surface area contributed by atoms with E-state index in [0.717, 1.165) is 24.1 Å². The lowest BCUT2D eigenvalue weighted by Gasteiger charge is -2.20. The maximum Gasteiger partial charge on any atom is 0.279 e. The second-order valence-electron chi connectivity index (χ2n) is 7.32. The summed E-state index contributed by atoms with van der Waals surface area (Å²) in [6.45, 7) is 11.2. The van der Waals surface area contributed by atoms with E-state index in [1.54, 1.807) is 0 Å². The minimum absolute atomic E-state index is 0.0600. The Morgan fingerprint density at radius 3 is 2.31 bits per heavy atom. The van der Waals surface area contributed by atoms with Crippen molar-refractivity contribution in [3.63, 3.8) is 0 Å². The molecular weight excluding hydrogens is 320 g/mol. The first kappa shape index (κ1) is 20.2. The summed E-state index contributed by atoms with van der Waals surface area (Å²) < 4.78 is 0. The predicted octanol–water partition coefficient (Wildman–Crippen LogP) is 4.02. The highest BCUT2D eigenvalue weighted by Gasteiger charge is 2.21. The molecule has 0 fully saturated rings. The first-order chi connectivity index (χ1) is 12.5. The number of nitrogens with one attached hydrogen (secondary N) is 1. The second-order valence-corrected chi connectivity index (χ2v) is 7.32. The van der Waals surface area contributed by atoms with Crippen molar-refractivity contribution < 1.29 is 10.1 Å². The average molecular weight is 354 g/mol. The third-order valence-electron chi connectivity index (χ3n) is 5.05. The van der Waals surface area contributed by atoms with Gasteiger partial charge in [0, 0.05) is 17.2 Å². The van der Waals surface area contributed by atoms with Gasteiger partial charge in [0.15, 0.2) is 6.54 Å². The molecule has 26 heavy (non-hydrogen) atoms. The Bertz CT molecular complexity index is 719. The lowest BCUT2D eigenvalue weighted by molar-refractivity contribution is -0.692. The van der Waals surface area contributed by atoms with Gasteiger partial charge in [-0.25, -0.2) is 0 Å². The number of anilines is 1. The number of quaternary nitrogens is 1. The van der Waals surface area contributed by atoms with Crippen molar-refractivity contribution in [2.75, 3.05) is 11.9 Å². The number of aryl methyl sites for hydroxylation is 3. The molecule has 0 aliphatic carbocycles. The van der Waals surface area contributed by atoms with Gasteiger partial charge in [0.1, 0.15) is 6.04 Å². The Morgan fingerprint density at radius 2 is 1.73 bits per heavy atom. The molecule has 0 aliphatic heterocycles. The lowest BCUT2D eigenvalue weighted by Crippen LogP contribution is -2.88. The smallest absolute Gasteiger partial charge is 0.279 e. The Hall–Kier alpha value is -2.13. The van der Waals surface area contributed by atoms with Crippen molar-refractivity contribution in [2.45, 2.75) is 53.5 Å². The van der Waals surface area contributed by atoms with Crippen LogP contribution in [0.3, 0.4) is 0 Å². The minimum Gasteiger partial charge on any atom is -0.332 e. The van der Waals surface area contributed by atoms with Gasteiger partial charge in [0.25, 0.3) is 5.91 Å². The SMILES string of the molecule is CCc1ccc([C@@H]([NH2+]CC(=O)Nc2c(C)cccc2CC)C(C)C)cc1. The van der Waals surface area contributed by atoms with Crippen molar-refractivity contribution in [1.82, 2.24) is 0 Å². The number of hydrogen-bond acceptors (Lipinski definition) is 1. The maximum atomic E-state index is 12.5. The largest absolute Gasteiger partial charge is 0.332 e. The molecule has 1 amide bonds. The van der Waals surface area contributed by atoms with Crippen LogP contribution in [0.4, 0.5) is 5.69 Å². The van der Waals surface area contributed by atoms with Crippen molar-refractivity contribution in [3.05, 3.63) is 64.7 Å². The molecule has 0 aromatic heterocycles. The molecule has 3 nitrogen and oxygen atoms in total. The summed E-state index contributed by atoms with van der Waals surface area (Å²) in [4.78, 5) is 12.5. The van der Waals surface area contributed by atoms with Gasteiger partial charge < -0.3 is 10.6 Å². The maximum absolute atomic E-state index is 12.5. The van der Waals surface area contributed by atoms with E-state index in [2.05, 4.69) is 68.7 Å². The summed E-state index contributed by atoms with van der Waals surface area (Å²) in [5.74, 6) is 0.518. The molecule has 2 aromatic carbocycles. The number of nitrogens with two attached hydrogens (primary N) is 1. The first-order valence-corrected chi connectivity index (χ1v) is 9.76. The van der Waals surface area contributed by atoms with E-state index in [1.807, 2.05) is 19.1 Å². The standard InChI is InChI=1S/C23H32N2O/c1-6-18-11-13-20(14-12-18)22(16(3)4)24-15-21(26)25-23-17(5)9-8-10-19(23)7-2/h8-14,16,22,24H,6-7,15H2,1-5H3,(H,25,26)/p+1/t22-/m0/s1. The molecule has 1 atom stereocenters. The molecule has 0 bridgehead atoms. The van der Waals surface area contributed by atoms with Crippen molar-refractivity contribution in [3.8, 4) is 0 Å². The molecule has 140 valence electrons. The van der Waals surface area contributed by atoms with Crippen LogP contribution in [0.5, 0.6) is 0 Å². The monoisotopic (exact) mass is 353 g/mol. The minimum atomic E-state index is 0.0600. The van der Waals surface area contributed by atoms with Crippen LogP contribution >= 0.6 is 0 Å². The van der Waals surface area contributed by atoms with Crippen molar-refractivity contribution >= 4 is 11.6 Å². The highest BCUT2D eigenvalue weighted by molar-refractivity contribution is 5.93. The molecule has 0 radical (unpaired) electrons. The van der Waals surface area contributed by atoms with Crippen LogP contribution in [0.15, 0.2) is 42.5 Å². The van der Waals surface area contributed by atoms with Crippen LogP contribution in [-0.2, 0) is 17.6 Å². The number of carbonyl (C=O) groups is 1. The number of benzene rings is 2. The quantitative estimate of drug-likeness (QED) is 0.740. The molecule has 0 saturated carbocycles. The van der Waals surface area contributed by atoms with E-state index in [4.69, 9.17) is 0 Å². The molecule has 0 saturated heterocycles. The summed E-state index contributed by atoms with van der Waals surface area (Å²) in [7, 11) is 0. The van der Waals surface area contributed by atoms with Crippen LogP contribution in [0.1, 0.15) is 56.0 Å². The van der Waals surface area contributed by atoms with Gasteiger partial charge in [-0.1, -0.05) is 70.2 Å². The summed E-state index contributed by atoms with van der Waals surface area (Å²) in [5.41, 5.74) is 5.92. The van der Waals surface area contributed by atoms with E-state index in [-0.39, 0.29) is 11.9 Å². The summed E-state index contributed by atoms with van der Waals surface area (Å²) in [6.07, 6.45) is 1.97. The second kappa shape index (κ2) is 9.54. The molecule has 2 aromatic rings. The van der Waals surface area contributed by atoms with Gasteiger partial charge in [0.2, 0.25) is 0 Å². The first-order valence-electron chi connectivity index (χ1n) is 9.76. The van der Waals surface area contributed by atoms with Crippen LogP contribution in [0.25, 0.3) is 0 Å². The molecular formula is C23H33N2O+. The fraction of sp³-hybridized carbons (Fsp3) is 0.435. The topological polar surface area (TPSA) is 45.7 Å². The van der Waals surface area contributed by atoms with Crippen LogP contribution in [0.2, 0.25) is 0 Å². The van der Waals surface area contributed by atoms with Crippen LogP contribution < -0.4 is 10.6 Å². The number of amides is 1. The van der Waals surface area contributed by atoms with E-state index >= 15 is 0 Å². The Labute approximate surface area is 158 Å². The number of hydrogen-bond donors (Lipinski definition) is 2. The van der Waals surface area contributed by atoms with Gasteiger partial charge in [-0.3, -0.25) is 4.79 Å². The van der Waals surface area contributed by atoms with E-state index < -0.39 is 0 Å². The fourth-order valence-corrected chi connectivity index (χ4v) is 3.40. The van der Waals surface area contributed by atoms with Gasteiger partial charge in [-0.05, 0) is 36.5 Å². The highest BCUT2D eigenvalue weighted by Crippen LogP contribution is 2.21.